The Morgan fingerprint density at radius 3 is 2.95 bits per heavy atom. The van der Waals surface area contributed by atoms with Crippen molar-refractivity contribution in [3.05, 3.63) is 0 Å². The zero-order valence-electron chi connectivity index (χ0n) is 11.5. The van der Waals surface area contributed by atoms with E-state index >= 15 is 0 Å². The van der Waals surface area contributed by atoms with Crippen LogP contribution in [0.25, 0.3) is 0 Å². The quantitative estimate of drug-likeness (QED) is 0.748. The number of nitrogens with zero attached hydrogens (tertiary/aromatic N) is 1. The van der Waals surface area contributed by atoms with E-state index in [0.717, 1.165) is 32.4 Å². The zero-order valence-corrected chi connectivity index (χ0v) is 11.5. The van der Waals surface area contributed by atoms with E-state index in [-0.39, 0.29) is 11.9 Å². The summed E-state index contributed by atoms with van der Waals surface area (Å²) in [5, 5.41) is 3.07. The highest BCUT2D eigenvalue weighted by Gasteiger charge is 2.39. The Kier molecular flexibility index (Phi) is 4.05. The highest BCUT2D eigenvalue weighted by Crippen LogP contribution is 2.31. The third kappa shape index (κ3) is 3.09. The SMILES string of the molecule is NCC(CC(=O)NC1CC1)N1CCOC2CCCC21. The van der Waals surface area contributed by atoms with Crippen LogP contribution in [0.15, 0.2) is 0 Å². The van der Waals surface area contributed by atoms with Crippen LogP contribution < -0.4 is 11.1 Å². The number of rotatable bonds is 5. The van der Waals surface area contributed by atoms with Gasteiger partial charge in [0.15, 0.2) is 0 Å². The van der Waals surface area contributed by atoms with E-state index in [0.29, 0.717) is 31.2 Å². The lowest BCUT2D eigenvalue weighted by Gasteiger charge is -2.42. The average molecular weight is 267 g/mol. The lowest BCUT2D eigenvalue weighted by atomic mass is 10.0. The maximum Gasteiger partial charge on any atom is 0.221 e. The van der Waals surface area contributed by atoms with Gasteiger partial charge in [0.1, 0.15) is 0 Å². The number of nitrogens with one attached hydrogen (secondary N) is 1. The summed E-state index contributed by atoms with van der Waals surface area (Å²) in [5.74, 6) is 0.166. The molecular formula is C14H25N3O2. The standard InChI is InChI=1S/C14H25N3O2/c15-9-11(8-14(18)16-10-4-5-10)17-6-7-19-13-3-1-2-12(13)17/h10-13H,1-9,15H2,(H,16,18). The summed E-state index contributed by atoms with van der Waals surface area (Å²) < 4.78 is 5.82. The molecule has 3 rings (SSSR count). The van der Waals surface area contributed by atoms with Gasteiger partial charge in [-0.2, -0.15) is 0 Å². The second kappa shape index (κ2) is 5.77. The fourth-order valence-electron chi connectivity index (χ4n) is 3.47. The van der Waals surface area contributed by atoms with Gasteiger partial charge in [0.2, 0.25) is 5.91 Å². The van der Waals surface area contributed by atoms with Gasteiger partial charge >= 0.3 is 0 Å². The largest absolute Gasteiger partial charge is 0.375 e. The summed E-state index contributed by atoms with van der Waals surface area (Å²) in [6, 6.07) is 1.10. The summed E-state index contributed by atoms with van der Waals surface area (Å²) in [6.45, 7) is 2.25. The molecule has 3 N–H and O–H groups in total. The van der Waals surface area contributed by atoms with Crippen molar-refractivity contribution in [2.24, 2.45) is 5.73 Å². The van der Waals surface area contributed by atoms with E-state index in [1.807, 2.05) is 0 Å². The molecule has 19 heavy (non-hydrogen) atoms. The first-order valence-electron chi connectivity index (χ1n) is 7.64. The molecule has 108 valence electrons. The molecule has 0 spiro atoms. The summed E-state index contributed by atoms with van der Waals surface area (Å²) in [7, 11) is 0. The number of fused-ring (bicyclic) bond motifs is 1. The Hall–Kier alpha value is -0.650. The number of hydrogen-bond acceptors (Lipinski definition) is 4. The van der Waals surface area contributed by atoms with Crippen LogP contribution in [-0.2, 0) is 9.53 Å². The molecule has 0 bridgehead atoms. The van der Waals surface area contributed by atoms with Crippen molar-refractivity contribution in [3.8, 4) is 0 Å². The molecule has 3 unspecified atom stereocenters. The van der Waals surface area contributed by atoms with Gasteiger partial charge in [-0.25, -0.2) is 0 Å². The van der Waals surface area contributed by atoms with Crippen LogP contribution in [0.4, 0.5) is 0 Å². The molecule has 3 aliphatic rings. The minimum absolute atomic E-state index is 0.166. The molecule has 1 heterocycles. The molecule has 2 saturated carbocycles. The first-order chi connectivity index (χ1) is 9.28. The Morgan fingerprint density at radius 1 is 1.37 bits per heavy atom. The first kappa shape index (κ1) is 13.3. The number of amides is 1. The fraction of sp³-hybridized carbons (Fsp3) is 0.929. The van der Waals surface area contributed by atoms with Crippen LogP contribution in [0.5, 0.6) is 0 Å². The Labute approximate surface area is 114 Å². The van der Waals surface area contributed by atoms with Crippen molar-refractivity contribution >= 4 is 5.91 Å². The van der Waals surface area contributed by atoms with E-state index in [1.165, 1.54) is 12.8 Å². The highest BCUT2D eigenvalue weighted by atomic mass is 16.5. The lowest BCUT2D eigenvalue weighted by molar-refractivity contribution is -0.124. The minimum Gasteiger partial charge on any atom is -0.375 e. The van der Waals surface area contributed by atoms with Crippen LogP contribution in [-0.4, -0.2) is 54.7 Å². The van der Waals surface area contributed by atoms with Crippen molar-refractivity contribution in [1.29, 1.82) is 0 Å². The maximum absolute atomic E-state index is 12.0. The normalized spacial score (nSPS) is 32.9. The fourth-order valence-corrected chi connectivity index (χ4v) is 3.47. The number of morpholine rings is 1. The molecule has 1 amide bonds. The number of carbonyl (C=O) groups excluding carboxylic acids is 1. The summed E-state index contributed by atoms with van der Waals surface area (Å²) in [5.41, 5.74) is 5.92. The smallest absolute Gasteiger partial charge is 0.221 e. The van der Waals surface area contributed by atoms with Gasteiger partial charge in [0.25, 0.3) is 0 Å². The van der Waals surface area contributed by atoms with E-state index in [2.05, 4.69) is 10.2 Å². The van der Waals surface area contributed by atoms with Crippen LogP contribution in [0.3, 0.4) is 0 Å². The summed E-state index contributed by atoms with van der Waals surface area (Å²) in [4.78, 5) is 14.4. The third-order valence-corrected chi connectivity index (χ3v) is 4.63. The van der Waals surface area contributed by atoms with Gasteiger partial charge in [0, 0.05) is 37.6 Å². The van der Waals surface area contributed by atoms with Gasteiger partial charge in [-0.15, -0.1) is 0 Å². The Balaban J connectivity index is 1.58. The minimum atomic E-state index is 0.166. The van der Waals surface area contributed by atoms with Gasteiger partial charge in [-0.3, -0.25) is 9.69 Å². The molecule has 0 radical (unpaired) electrons. The second-order valence-corrected chi connectivity index (χ2v) is 6.08. The third-order valence-electron chi connectivity index (χ3n) is 4.63. The van der Waals surface area contributed by atoms with E-state index in [1.54, 1.807) is 0 Å². The number of carbonyl (C=O) groups is 1. The van der Waals surface area contributed by atoms with Crippen molar-refractivity contribution in [2.45, 2.75) is 62.8 Å². The Bertz CT molecular complexity index is 333. The van der Waals surface area contributed by atoms with Crippen LogP contribution in [0.1, 0.15) is 38.5 Å². The first-order valence-corrected chi connectivity index (χ1v) is 7.64. The number of hydrogen-bond donors (Lipinski definition) is 2. The van der Waals surface area contributed by atoms with E-state index < -0.39 is 0 Å². The topological polar surface area (TPSA) is 67.6 Å². The second-order valence-electron chi connectivity index (χ2n) is 6.08. The molecule has 5 nitrogen and oxygen atoms in total. The molecule has 0 aromatic heterocycles. The van der Waals surface area contributed by atoms with E-state index in [4.69, 9.17) is 10.5 Å². The predicted molar refractivity (Wildman–Crippen MR) is 72.7 cm³/mol. The molecule has 3 atom stereocenters. The zero-order chi connectivity index (χ0) is 13.2. The summed E-state index contributed by atoms with van der Waals surface area (Å²) >= 11 is 0. The lowest BCUT2D eigenvalue weighted by Crippen LogP contribution is -2.56. The highest BCUT2D eigenvalue weighted by molar-refractivity contribution is 5.77. The number of ether oxygens (including phenoxy) is 1. The van der Waals surface area contributed by atoms with Crippen LogP contribution in [0.2, 0.25) is 0 Å². The van der Waals surface area contributed by atoms with Crippen LogP contribution >= 0.6 is 0 Å². The van der Waals surface area contributed by atoms with Gasteiger partial charge < -0.3 is 15.8 Å². The van der Waals surface area contributed by atoms with Crippen molar-refractivity contribution in [3.63, 3.8) is 0 Å². The van der Waals surface area contributed by atoms with Crippen LogP contribution in [0, 0.1) is 0 Å². The maximum atomic E-state index is 12.0. The molecule has 5 heteroatoms. The number of nitrogens with two attached hydrogens (primary N) is 1. The molecular weight excluding hydrogens is 242 g/mol. The molecule has 2 aliphatic carbocycles. The van der Waals surface area contributed by atoms with Crippen molar-refractivity contribution in [1.82, 2.24) is 10.2 Å². The van der Waals surface area contributed by atoms with E-state index in [9.17, 15) is 4.79 Å². The molecule has 3 fully saturated rings. The molecule has 1 aliphatic heterocycles. The monoisotopic (exact) mass is 267 g/mol. The predicted octanol–water partition coefficient (Wildman–Crippen LogP) is 0.236. The average Bonchev–Trinajstić information content (AvgIpc) is 3.08. The molecule has 0 aromatic rings. The molecule has 1 saturated heterocycles. The van der Waals surface area contributed by atoms with Gasteiger partial charge in [-0.05, 0) is 32.1 Å². The Morgan fingerprint density at radius 2 is 2.21 bits per heavy atom. The van der Waals surface area contributed by atoms with Gasteiger partial charge in [0.05, 0.1) is 12.7 Å². The molecule has 0 aromatic carbocycles. The van der Waals surface area contributed by atoms with Crippen molar-refractivity contribution < 1.29 is 9.53 Å². The van der Waals surface area contributed by atoms with Crippen molar-refractivity contribution in [2.75, 3.05) is 19.7 Å². The van der Waals surface area contributed by atoms with Gasteiger partial charge in [-0.1, -0.05) is 0 Å². The summed E-state index contributed by atoms with van der Waals surface area (Å²) in [6.07, 6.45) is 6.77.